The van der Waals surface area contributed by atoms with E-state index in [1.807, 2.05) is 0 Å². The van der Waals surface area contributed by atoms with Gasteiger partial charge in [0, 0.05) is 11.6 Å². The van der Waals surface area contributed by atoms with Gasteiger partial charge in [0.05, 0.1) is 28.2 Å². The van der Waals surface area contributed by atoms with Crippen LogP contribution in [0.3, 0.4) is 0 Å². The molecule has 6 heteroatoms. The fourth-order valence-corrected chi connectivity index (χ4v) is 3.30. The largest absolute Gasteiger partial charge is 0.496 e. The van der Waals surface area contributed by atoms with Crippen LogP contribution in [0.25, 0.3) is 11.1 Å². The Hall–Kier alpha value is -2.11. The van der Waals surface area contributed by atoms with Crippen molar-refractivity contribution in [3.63, 3.8) is 0 Å². The normalized spacial score (nSPS) is 15.8. The van der Waals surface area contributed by atoms with Gasteiger partial charge in [-0.3, -0.25) is 10.1 Å². The molecule has 0 radical (unpaired) electrons. The van der Waals surface area contributed by atoms with E-state index in [-0.39, 0.29) is 16.3 Å². The van der Waals surface area contributed by atoms with Crippen LogP contribution in [0.1, 0.15) is 24.8 Å². The molecule has 1 fully saturated rings. The first kappa shape index (κ1) is 15.8. The number of rotatable bonds is 4. The number of halogens is 1. The third-order valence-electron chi connectivity index (χ3n) is 4.37. The summed E-state index contributed by atoms with van der Waals surface area (Å²) >= 11 is 6.28. The van der Waals surface area contributed by atoms with Gasteiger partial charge >= 0.3 is 0 Å². The van der Waals surface area contributed by atoms with Crippen LogP contribution in [0.5, 0.6) is 5.75 Å². The van der Waals surface area contributed by atoms with Crippen molar-refractivity contribution < 1.29 is 14.8 Å². The van der Waals surface area contributed by atoms with Gasteiger partial charge in [-0.05, 0) is 37.0 Å². The number of nitro groups is 1. The van der Waals surface area contributed by atoms with E-state index in [1.165, 1.54) is 19.2 Å². The standard InChI is InChI=1S/C17H16ClNO4/c1-23-14-8-2-5-11(17(20)9-4-10-17)15(14)16-12(18)6-3-7-13(16)19(21)22/h2-3,5-8,20H,4,9-10H2,1H3. The van der Waals surface area contributed by atoms with E-state index in [4.69, 9.17) is 16.3 Å². The van der Waals surface area contributed by atoms with Gasteiger partial charge < -0.3 is 9.84 Å². The fraction of sp³-hybridized carbons (Fsp3) is 0.294. The molecule has 0 aliphatic heterocycles. The van der Waals surface area contributed by atoms with Gasteiger partial charge in [0.1, 0.15) is 5.75 Å². The van der Waals surface area contributed by atoms with Gasteiger partial charge in [0.2, 0.25) is 0 Å². The molecule has 0 spiro atoms. The Bertz CT molecular complexity index is 771. The van der Waals surface area contributed by atoms with E-state index >= 15 is 0 Å². The Labute approximate surface area is 138 Å². The summed E-state index contributed by atoms with van der Waals surface area (Å²) in [5.41, 5.74) is 0.309. The molecule has 0 amide bonds. The van der Waals surface area contributed by atoms with Crippen molar-refractivity contribution in [1.82, 2.24) is 0 Å². The van der Waals surface area contributed by atoms with Crippen molar-refractivity contribution in [2.24, 2.45) is 0 Å². The topological polar surface area (TPSA) is 72.6 Å². The Kier molecular flexibility index (Phi) is 4.00. The van der Waals surface area contributed by atoms with E-state index in [2.05, 4.69) is 0 Å². The zero-order chi connectivity index (χ0) is 16.6. The lowest BCUT2D eigenvalue weighted by Gasteiger charge is -2.38. The van der Waals surface area contributed by atoms with Gasteiger partial charge in [0.15, 0.2) is 0 Å². The van der Waals surface area contributed by atoms with Crippen LogP contribution in [-0.2, 0) is 5.60 Å². The summed E-state index contributed by atoms with van der Waals surface area (Å²) in [5, 5.41) is 22.5. The minimum absolute atomic E-state index is 0.105. The number of methoxy groups -OCH3 is 1. The maximum absolute atomic E-state index is 11.4. The van der Waals surface area contributed by atoms with Gasteiger partial charge in [-0.15, -0.1) is 0 Å². The molecule has 1 aliphatic rings. The molecule has 0 heterocycles. The molecule has 0 unspecified atom stereocenters. The second-order valence-electron chi connectivity index (χ2n) is 5.66. The van der Waals surface area contributed by atoms with Crippen LogP contribution < -0.4 is 4.74 Å². The lowest BCUT2D eigenvalue weighted by Crippen LogP contribution is -2.34. The number of nitrogens with zero attached hydrogens (tertiary/aromatic N) is 1. The van der Waals surface area contributed by atoms with E-state index < -0.39 is 10.5 Å². The predicted molar refractivity (Wildman–Crippen MR) is 87.8 cm³/mol. The minimum Gasteiger partial charge on any atom is -0.496 e. The second-order valence-corrected chi connectivity index (χ2v) is 6.07. The number of hydrogen-bond acceptors (Lipinski definition) is 4. The number of hydrogen-bond donors (Lipinski definition) is 1. The summed E-state index contributed by atoms with van der Waals surface area (Å²) in [6, 6.07) is 9.82. The third-order valence-corrected chi connectivity index (χ3v) is 4.68. The van der Waals surface area contributed by atoms with Crippen LogP contribution >= 0.6 is 11.6 Å². The molecule has 5 nitrogen and oxygen atoms in total. The Balaban J connectivity index is 2.34. The van der Waals surface area contributed by atoms with Crippen LogP contribution in [0.4, 0.5) is 5.69 Å². The summed E-state index contributed by atoms with van der Waals surface area (Å²) < 4.78 is 5.40. The Morgan fingerprint density at radius 1 is 1.22 bits per heavy atom. The molecule has 3 rings (SSSR count). The van der Waals surface area contributed by atoms with Gasteiger partial charge in [-0.2, -0.15) is 0 Å². The Morgan fingerprint density at radius 3 is 2.48 bits per heavy atom. The zero-order valence-corrected chi connectivity index (χ0v) is 13.3. The van der Waals surface area contributed by atoms with Crippen molar-refractivity contribution in [2.45, 2.75) is 24.9 Å². The number of aliphatic hydroxyl groups is 1. The third kappa shape index (κ3) is 2.56. The molecular weight excluding hydrogens is 318 g/mol. The number of nitro benzene ring substituents is 1. The van der Waals surface area contributed by atoms with Crippen molar-refractivity contribution in [1.29, 1.82) is 0 Å². The number of ether oxygens (including phenoxy) is 1. The average molecular weight is 334 g/mol. The molecule has 0 aromatic heterocycles. The van der Waals surface area contributed by atoms with Crippen LogP contribution in [0.2, 0.25) is 5.02 Å². The highest BCUT2D eigenvalue weighted by molar-refractivity contribution is 6.34. The molecule has 1 N–H and O–H groups in total. The summed E-state index contributed by atoms with van der Waals surface area (Å²) in [7, 11) is 1.50. The maximum atomic E-state index is 11.4. The molecule has 0 atom stereocenters. The zero-order valence-electron chi connectivity index (χ0n) is 12.6. The van der Waals surface area contributed by atoms with E-state index in [0.29, 0.717) is 29.7 Å². The van der Waals surface area contributed by atoms with E-state index in [1.54, 1.807) is 24.3 Å². The molecule has 120 valence electrons. The Morgan fingerprint density at radius 2 is 1.91 bits per heavy atom. The molecule has 0 saturated heterocycles. The van der Waals surface area contributed by atoms with Crippen molar-refractivity contribution in [3.05, 3.63) is 57.1 Å². The lowest BCUT2D eigenvalue weighted by molar-refractivity contribution is -0.384. The fourth-order valence-electron chi connectivity index (χ4n) is 3.04. The van der Waals surface area contributed by atoms with E-state index in [0.717, 1.165) is 6.42 Å². The van der Waals surface area contributed by atoms with Crippen LogP contribution in [0.15, 0.2) is 36.4 Å². The second kappa shape index (κ2) is 5.83. The van der Waals surface area contributed by atoms with E-state index in [9.17, 15) is 15.2 Å². The molecule has 1 aliphatic carbocycles. The molecular formula is C17H16ClNO4. The highest BCUT2D eigenvalue weighted by Gasteiger charge is 2.40. The first-order valence-electron chi connectivity index (χ1n) is 7.31. The molecule has 2 aromatic carbocycles. The van der Waals surface area contributed by atoms with Crippen molar-refractivity contribution >= 4 is 17.3 Å². The predicted octanol–water partition coefficient (Wildman–Crippen LogP) is 4.30. The van der Waals surface area contributed by atoms with Gasteiger partial charge in [-0.25, -0.2) is 0 Å². The average Bonchev–Trinajstić information content (AvgIpc) is 2.51. The molecule has 2 aromatic rings. The first-order chi connectivity index (χ1) is 11.0. The molecule has 1 saturated carbocycles. The minimum atomic E-state index is -0.989. The van der Waals surface area contributed by atoms with Gasteiger partial charge in [-0.1, -0.05) is 29.8 Å². The summed E-state index contributed by atoms with van der Waals surface area (Å²) in [5.74, 6) is 0.457. The monoisotopic (exact) mass is 333 g/mol. The highest BCUT2D eigenvalue weighted by Crippen LogP contribution is 2.50. The maximum Gasteiger partial charge on any atom is 0.278 e. The summed E-state index contributed by atoms with van der Waals surface area (Å²) in [6.07, 6.45) is 2.15. The smallest absolute Gasteiger partial charge is 0.278 e. The molecule has 0 bridgehead atoms. The van der Waals surface area contributed by atoms with Crippen molar-refractivity contribution in [2.75, 3.05) is 7.11 Å². The first-order valence-corrected chi connectivity index (χ1v) is 7.69. The highest BCUT2D eigenvalue weighted by atomic mass is 35.5. The van der Waals surface area contributed by atoms with Crippen LogP contribution in [-0.4, -0.2) is 17.1 Å². The quantitative estimate of drug-likeness (QED) is 0.669. The van der Waals surface area contributed by atoms with Crippen molar-refractivity contribution in [3.8, 4) is 16.9 Å². The summed E-state index contributed by atoms with van der Waals surface area (Å²) in [4.78, 5) is 11.0. The van der Waals surface area contributed by atoms with Crippen LogP contribution in [0, 0.1) is 10.1 Å². The van der Waals surface area contributed by atoms with Gasteiger partial charge in [0.25, 0.3) is 5.69 Å². The number of benzene rings is 2. The lowest BCUT2D eigenvalue weighted by atomic mass is 9.72. The summed E-state index contributed by atoms with van der Waals surface area (Å²) in [6.45, 7) is 0. The SMILES string of the molecule is COc1cccc(C2(O)CCC2)c1-c1c(Cl)cccc1[N+](=O)[O-]. The molecule has 23 heavy (non-hydrogen) atoms.